The molecule has 140 valence electrons. The van der Waals surface area contributed by atoms with Gasteiger partial charge in [-0.2, -0.15) is 13.2 Å². The van der Waals surface area contributed by atoms with Crippen molar-refractivity contribution in [2.45, 2.75) is 23.5 Å². The fourth-order valence-electron chi connectivity index (χ4n) is 2.60. The summed E-state index contributed by atoms with van der Waals surface area (Å²) in [5.41, 5.74) is 0. The summed E-state index contributed by atoms with van der Waals surface area (Å²) in [5, 5.41) is 6.30. The van der Waals surface area contributed by atoms with Crippen LogP contribution in [-0.4, -0.2) is 62.1 Å². The van der Waals surface area contributed by atoms with Crippen molar-refractivity contribution in [3.05, 3.63) is 30.1 Å². The highest BCUT2D eigenvalue weighted by molar-refractivity contribution is 7.99. The van der Waals surface area contributed by atoms with E-state index in [9.17, 15) is 17.6 Å². The number of benzene rings is 1. The minimum Gasteiger partial charge on any atom is -0.356 e. The van der Waals surface area contributed by atoms with E-state index in [1.165, 1.54) is 17.0 Å². The minimum atomic E-state index is -4.16. The van der Waals surface area contributed by atoms with Crippen molar-refractivity contribution >= 4 is 17.7 Å². The summed E-state index contributed by atoms with van der Waals surface area (Å²) in [6.07, 6.45) is -3.51. The molecule has 2 rings (SSSR count). The lowest BCUT2D eigenvalue weighted by Gasteiger charge is -2.19. The monoisotopic (exact) mass is 378 g/mol. The first-order valence-electron chi connectivity index (χ1n) is 8.00. The number of halogens is 4. The van der Waals surface area contributed by atoms with Gasteiger partial charge in [0.05, 0.1) is 6.54 Å². The van der Waals surface area contributed by atoms with Gasteiger partial charge in [-0.3, -0.25) is 9.89 Å². The van der Waals surface area contributed by atoms with E-state index < -0.39 is 12.7 Å². The Hall–Kier alpha value is -1.48. The van der Waals surface area contributed by atoms with Gasteiger partial charge in [-0.05, 0) is 30.7 Å². The predicted molar refractivity (Wildman–Crippen MR) is 92.5 cm³/mol. The van der Waals surface area contributed by atoms with Crippen LogP contribution in [0.15, 0.2) is 34.2 Å². The van der Waals surface area contributed by atoms with Crippen LogP contribution in [0.4, 0.5) is 17.6 Å². The number of hydrogen-bond donors (Lipinski definition) is 2. The first-order valence-corrected chi connectivity index (χ1v) is 8.99. The molecule has 1 aliphatic rings. The van der Waals surface area contributed by atoms with Crippen molar-refractivity contribution in [2.24, 2.45) is 4.99 Å². The Morgan fingerprint density at radius 1 is 1.32 bits per heavy atom. The number of rotatable bonds is 6. The molecular formula is C16H22F4N4S. The molecule has 1 aromatic rings. The highest BCUT2D eigenvalue weighted by atomic mass is 32.2. The van der Waals surface area contributed by atoms with Gasteiger partial charge in [0.2, 0.25) is 0 Å². The van der Waals surface area contributed by atoms with E-state index in [1.54, 1.807) is 30.9 Å². The highest BCUT2D eigenvalue weighted by Gasteiger charge is 2.34. The fraction of sp³-hybridized carbons (Fsp3) is 0.562. The number of nitrogens with zero attached hydrogens (tertiary/aromatic N) is 2. The van der Waals surface area contributed by atoms with Gasteiger partial charge >= 0.3 is 6.18 Å². The van der Waals surface area contributed by atoms with Crippen molar-refractivity contribution in [1.82, 2.24) is 15.5 Å². The molecular weight excluding hydrogens is 356 g/mol. The molecule has 0 saturated carbocycles. The number of aliphatic imine (C=N–C) groups is 1. The van der Waals surface area contributed by atoms with Crippen LogP contribution in [-0.2, 0) is 0 Å². The largest absolute Gasteiger partial charge is 0.401 e. The summed E-state index contributed by atoms with van der Waals surface area (Å²) in [6.45, 7) is 0.547. The van der Waals surface area contributed by atoms with E-state index in [1.807, 2.05) is 0 Å². The van der Waals surface area contributed by atoms with Crippen LogP contribution in [0.2, 0.25) is 0 Å². The van der Waals surface area contributed by atoms with Crippen molar-refractivity contribution < 1.29 is 17.6 Å². The van der Waals surface area contributed by atoms with E-state index in [4.69, 9.17) is 0 Å². The van der Waals surface area contributed by atoms with Gasteiger partial charge in [0, 0.05) is 43.4 Å². The van der Waals surface area contributed by atoms with Crippen molar-refractivity contribution in [1.29, 1.82) is 0 Å². The second-order valence-electron chi connectivity index (χ2n) is 5.78. The molecule has 0 spiro atoms. The molecule has 1 aliphatic heterocycles. The van der Waals surface area contributed by atoms with Gasteiger partial charge in [-0.25, -0.2) is 4.39 Å². The van der Waals surface area contributed by atoms with Gasteiger partial charge in [-0.15, -0.1) is 11.8 Å². The summed E-state index contributed by atoms with van der Waals surface area (Å²) in [4.78, 5) is 6.48. The number of likely N-dealkylation sites (tertiary alicyclic amines) is 1. The maximum Gasteiger partial charge on any atom is 0.401 e. The van der Waals surface area contributed by atoms with E-state index >= 15 is 0 Å². The lowest BCUT2D eigenvalue weighted by atomic mass is 10.3. The summed E-state index contributed by atoms with van der Waals surface area (Å²) in [5.74, 6) is 1.08. The van der Waals surface area contributed by atoms with Gasteiger partial charge in [-0.1, -0.05) is 0 Å². The van der Waals surface area contributed by atoms with Gasteiger partial charge in [0.15, 0.2) is 5.96 Å². The molecule has 1 aromatic carbocycles. The fourth-order valence-corrected chi connectivity index (χ4v) is 3.37. The molecule has 0 bridgehead atoms. The number of nitrogens with one attached hydrogen (secondary N) is 2. The lowest BCUT2D eigenvalue weighted by Crippen LogP contribution is -2.45. The zero-order valence-corrected chi connectivity index (χ0v) is 14.8. The standard InChI is InChI=1S/C16H22F4N4S/c1-21-15(22-7-9-25-14-4-2-12(17)3-5-14)23-13-6-8-24(10-13)11-16(18,19)20/h2-5,13H,6-11H2,1H3,(H2,21,22,23). The Kier molecular flexibility index (Phi) is 7.37. The molecule has 0 amide bonds. The highest BCUT2D eigenvalue weighted by Crippen LogP contribution is 2.20. The Morgan fingerprint density at radius 3 is 2.68 bits per heavy atom. The van der Waals surface area contributed by atoms with Gasteiger partial charge in [0.25, 0.3) is 0 Å². The molecule has 4 nitrogen and oxygen atoms in total. The molecule has 25 heavy (non-hydrogen) atoms. The molecule has 1 atom stereocenters. The maximum atomic E-state index is 12.8. The average molecular weight is 378 g/mol. The lowest BCUT2D eigenvalue weighted by molar-refractivity contribution is -0.143. The van der Waals surface area contributed by atoms with Crippen LogP contribution in [0.25, 0.3) is 0 Å². The van der Waals surface area contributed by atoms with Crippen LogP contribution < -0.4 is 10.6 Å². The second kappa shape index (κ2) is 9.28. The molecule has 0 aromatic heterocycles. The van der Waals surface area contributed by atoms with Crippen LogP contribution in [0.5, 0.6) is 0 Å². The topological polar surface area (TPSA) is 39.7 Å². The molecule has 0 aliphatic carbocycles. The van der Waals surface area contributed by atoms with Crippen molar-refractivity contribution in [2.75, 3.05) is 39.0 Å². The van der Waals surface area contributed by atoms with Gasteiger partial charge < -0.3 is 10.6 Å². The molecule has 1 saturated heterocycles. The van der Waals surface area contributed by atoms with E-state index in [2.05, 4.69) is 15.6 Å². The molecule has 1 fully saturated rings. The Morgan fingerprint density at radius 2 is 2.04 bits per heavy atom. The molecule has 9 heteroatoms. The first kappa shape index (κ1) is 19.8. The number of guanidine groups is 1. The normalized spacial score (nSPS) is 19.2. The Balaban J connectivity index is 1.66. The van der Waals surface area contributed by atoms with E-state index in [0.29, 0.717) is 32.0 Å². The summed E-state index contributed by atoms with van der Waals surface area (Å²) >= 11 is 1.59. The van der Waals surface area contributed by atoms with Gasteiger partial charge in [0.1, 0.15) is 5.82 Å². The zero-order valence-electron chi connectivity index (χ0n) is 13.9. The SMILES string of the molecule is CN=C(NCCSc1ccc(F)cc1)NC1CCN(CC(F)(F)F)C1. The van der Waals surface area contributed by atoms with Crippen LogP contribution >= 0.6 is 11.8 Å². The zero-order chi connectivity index (χ0) is 18.3. The number of alkyl halides is 3. The van der Waals surface area contributed by atoms with E-state index in [-0.39, 0.29) is 11.9 Å². The summed E-state index contributed by atoms with van der Waals surface area (Å²) in [6, 6.07) is 6.24. The maximum absolute atomic E-state index is 12.8. The Bertz CT molecular complexity index is 562. The van der Waals surface area contributed by atoms with Crippen molar-refractivity contribution in [3.63, 3.8) is 0 Å². The summed E-state index contributed by atoms with van der Waals surface area (Å²) in [7, 11) is 1.63. The minimum absolute atomic E-state index is 0.0432. The second-order valence-corrected chi connectivity index (χ2v) is 6.95. The number of hydrogen-bond acceptors (Lipinski definition) is 3. The van der Waals surface area contributed by atoms with Crippen LogP contribution in [0, 0.1) is 5.82 Å². The van der Waals surface area contributed by atoms with Crippen LogP contribution in [0.1, 0.15) is 6.42 Å². The first-order chi connectivity index (χ1) is 11.9. The average Bonchev–Trinajstić information content (AvgIpc) is 2.97. The molecule has 0 radical (unpaired) electrons. The molecule has 1 heterocycles. The Labute approximate surface area is 149 Å². The van der Waals surface area contributed by atoms with E-state index in [0.717, 1.165) is 10.6 Å². The third kappa shape index (κ3) is 7.52. The van der Waals surface area contributed by atoms with Crippen molar-refractivity contribution in [3.8, 4) is 0 Å². The van der Waals surface area contributed by atoms with Crippen LogP contribution in [0.3, 0.4) is 0 Å². The molecule has 1 unspecified atom stereocenters. The summed E-state index contributed by atoms with van der Waals surface area (Å²) < 4.78 is 50.1. The number of thioether (sulfide) groups is 1. The third-order valence-electron chi connectivity index (χ3n) is 3.72. The smallest absolute Gasteiger partial charge is 0.356 e. The molecule has 2 N–H and O–H groups in total. The quantitative estimate of drug-likeness (QED) is 0.263. The third-order valence-corrected chi connectivity index (χ3v) is 4.73. The predicted octanol–water partition coefficient (Wildman–Crippen LogP) is 2.72.